The van der Waals surface area contributed by atoms with Crippen molar-refractivity contribution in [2.45, 2.75) is 20.4 Å². The van der Waals surface area contributed by atoms with Gasteiger partial charge in [0.05, 0.1) is 5.69 Å². The van der Waals surface area contributed by atoms with Gasteiger partial charge in [-0.3, -0.25) is 4.68 Å². The van der Waals surface area contributed by atoms with Crippen molar-refractivity contribution in [1.82, 2.24) is 15.1 Å². The molecule has 0 radical (unpaired) electrons. The third-order valence-corrected chi connectivity index (χ3v) is 3.03. The van der Waals surface area contributed by atoms with Gasteiger partial charge >= 0.3 is 0 Å². The standard InChI is InChI=1S/C14H18FN3O/c1-9-14(10(2)18(4)17-9)19-13-6-5-11(8-16-3)7-12(13)15/h5-7,16H,8H2,1-4H3. The Bertz CT molecular complexity index is 593. The zero-order valence-electron chi connectivity index (χ0n) is 11.6. The van der Waals surface area contributed by atoms with E-state index in [1.54, 1.807) is 10.7 Å². The van der Waals surface area contributed by atoms with Crippen LogP contribution in [0.3, 0.4) is 0 Å². The molecule has 0 amide bonds. The summed E-state index contributed by atoms with van der Waals surface area (Å²) in [5, 5.41) is 7.22. The summed E-state index contributed by atoms with van der Waals surface area (Å²) in [6, 6.07) is 4.97. The summed E-state index contributed by atoms with van der Waals surface area (Å²) in [5.41, 5.74) is 2.50. The number of aromatic nitrogens is 2. The van der Waals surface area contributed by atoms with E-state index in [-0.39, 0.29) is 11.6 Å². The van der Waals surface area contributed by atoms with Gasteiger partial charge in [0.15, 0.2) is 17.3 Å². The first-order chi connectivity index (χ1) is 9.02. The quantitative estimate of drug-likeness (QED) is 0.921. The molecule has 0 fully saturated rings. The molecule has 1 aromatic carbocycles. The number of rotatable bonds is 4. The summed E-state index contributed by atoms with van der Waals surface area (Å²) in [4.78, 5) is 0. The molecule has 2 rings (SSSR count). The molecule has 1 heterocycles. The van der Waals surface area contributed by atoms with Gasteiger partial charge in [-0.15, -0.1) is 0 Å². The minimum absolute atomic E-state index is 0.221. The van der Waals surface area contributed by atoms with Crippen LogP contribution in [0, 0.1) is 19.7 Å². The van der Waals surface area contributed by atoms with Gasteiger partial charge in [0.25, 0.3) is 0 Å². The Hall–Kier alpha value is -1.88. The van der Waals surface area contributed by atoms with Gasteiger partial charge in [0.1, 0.15) is 5.69 Å². The van der Waals surface area contributed by atoms with E-state index in [1.165, 1.54) is 6.07 Å². The molecule has 0 bridgehead atoms. The molecule has 0 unspecified atom stereocenters. The Morgan fingerprint density at radius 1 is 1.37 bits per heavy atom. The average Bonchev–Trinajstić information content (AvgIpc) is 2.59. The highest BCUT2D eigenvalue weighted by molar-refractivity contribution is 5.39. The van der Waals surface area contributed by atoms with E-state index in [9.17, 15) is 4.39 Å². The predicted octanol–water partition coefficient (Wildman–Crippen LogP) is 2.69. The molecule has 0 atom stereocenters. The highest BCUT2D eigenvalue weighted by Gasteiger charge is 2.14. The molecule has 102 valence electrons. The second-order valence-electron chi connectivity index (χ2n) is 4.52. The summed E-state index contributed by atoms with van der Waals surface area (Å²) in [6.45, 7) is 4.36. The molecule has 0 saturated heterocycles. The first-order valence-electron chi connectivity index (χ1n) is 6.14. The lowest BCUT2D eigenvalue weighted by atomic mass is 10.2. The number of hydrogen-bond acceptors (Lipinski definition) is 3. The van der Waals surface area contributed by atoms with E-state index in [1.807, 2.05) is 34.0 Å². The van der Waals surface area contributed by atoms with Crippen molar-refractivity contribution in [3.8, 4) is 11.5 Å². The van der Waals surface area contributed by atoms with Gasteiger partial charge in [0, 0.05) is 13.6 Å². The summed E-state index contributed by atoms with van der Waals surface area (Å²) >= 11 is 0. The first kappa shape index (κ1) is 13.5. The zero-order chi connectivity index (χ0) is 14.0. The molecule has 0 aliphatic carbocycles. The van der Waals surface area contributed by atoms with E-state index >= 15 is 0 Å². The molecule has 0 spiro atoms. The largest absolute Gasteiger partial charge is 0.450 e. The van der Waals surface area contributed by atoms with Crippen LogP contribution >= 0.6 is 0 Å². The van der Waals surface area contributed by atoms with Gasteiger partial charge < -0.3 is 10.1 Å². The SMILES string of the molecule is CNCc1ccc(Oc2c(C)nn(C)c2C)c(F)c1. The lowest BCUT2D eigenvalue weighted by molar-refractivity contribution is 0.435. The van der Waals surface area contributed by atoms with Crippen molar-refractivity contribution in [2.24, 2.45) is 7.05 Å². The third kappa shape index (κ3) is 2.76. The Kier molecular flexibility index (Phi) is 3.85. The number of halogens is 1. The van der Waals surface area contributed by atoms with Crippen LogP contribution in [-0.4, -0.2) is 16.8 Å². The maximum Gasteiger partial charge on any atom is 0.171 e. The fourth-order valence-electron chi connectivity index (χ4n) is 1.95. The minimum Gasteiger partial charge on any atom is -0.450 e. The number of nitrogens with one attached hydrogen (secondary N) is 1. The topological polar surface area (TPSA) is 39.1 Å². The van der Waals surface area contributed by atoms with E-state index in [4.69, 9.17) is 4.74 Å². The number of hydrogen-bond donors (Lipinski definition) is 1. The van der Waals surface area contributed by atoms with Crippen molar-refractivity contribution < 1.29 is 9.13 Å². The molecular formula is C14H18FN3O. The minimum atomic E-state index is -0.365. The van der Waals surface area contributed by atoms with E-state index in [2.05, 4.69) is 10.4 Å². The Balaban J connectivity index is 2.28. The smallest absolute Gasteiger partial charge is 0.171 e. The van der Waals surface area contributed by atoms with Crippen LogP contribution in [-0.2, 0) is 13.6 Å². The second kappa shape index (κ2) is 5.40. The predicted molar refractivity (Wildman–Crippen MR) is 71.9 cm³/mol. The second-order valence-corrected chi connectivity index (χ2v) is 4.52. The maximum atomic E-state index is 13.9. The highest BCUT2D eigenvalue weighted by atomic mass is 19.1. The van der Waals surface area contributed by atoms with Crippen LogP contribution < -0.4 is 10.1 Å². The molecule has 0 aliphatic rings. The molecule has 1 N–H and O–H groups in total. The molecule has 0 saturated carbocycles. The number of ether oxygens (including phenoxy) is 1. The lowest BCUT2D eigenvalue weighted by Gasteiger charge is -2.08. The van der Waals surface area contributed by atoms with Gasteiger partial charge in [0.2, 0.25) is 0 Å². The summed E-state index contributed by atoms with van der Waals surface area (Å²) in [7, 11) is 3.66. The van der Waals surface area contributed by atoms with Crippen LogP contribution in [0.1, 0.15) is 17.0 Å². The average molecular weight is 263 g/mol. The molecule has 5 heteroatoms. The van der Waals surface area contributed by atoms with Crippen molar-refractivity contribution in [3.05, 3.63) is 41.0 Å². The molecule has 19 heavy (non-hydrogen) atoms. The molecular weight excluding hydrogens is 245 g/mol. The highest BCUT2D eigenvalue weighted by Crippen LogP contribution is 2.30. The van der Waals surface area contributed by atoms with Crippen LogP contribution in [0.25, 0.3) is 0 Å². The lowest BCUT2D eigenvalue weighted by Crippen LogP contribution is -2.05. The molecule has 2 aromatic rings. The van der Waals surface area contributed by atoms with Crippen molar-refractivity contribution >= 4 is 0 Å². The number of aryl methyl sites for hydroxylation is 2. The summed E-state index contributed by atoms with van der Waals surface area (Å²) < 4.78 is 21.3. The molecule has 0 aliphatic heterocycles. The monoisotopic (exact) mass is 263 g/mol. The third-order valence-electron chi connectivity index (χ3n) is 3.03. The fourth-order valence-corrected chi connectivity index (χ4v) is 1.95. The van der Waals surface area contributed by atoms with Gasteiger partial charge in [-0.25, -0.2) is 4.39 Å². The Labute approximate surface area is 112 Å². The van der Waals surface area contributed by atoms with Crippen LogP contribution in [0.2, 0.25) is 0 Å². The van der Waals surface area contributed by atoms with E-state index in [0.717, 1.165) is 17.0 Å². The number of benzene rings is 1. The van der Waals surface area contributed by atoms with Gasteiger partial charge in [-0.05, 0) is 38.6 Å². The van der Waals surface area contributed by atoms with E-state index in [0.29, 0.717) is 12.3 Å². The van der Waals surface area contributed by atoms with E-state index < -0.39 is 0 Å². The van der Waals surface area contributed by atoms with Crippen LogP contribution in [0.4, 0.5) is 4.39 Å². The Morgan fingerprint density at radius 2 is 2.11 bits per heavy atom. The zero-order valence-corrected chi connectivity index (χ0v) is 11.6. The van der Waals surface area contributed by atoms with Crippen LogP contribution in [0.5, 0.6) is 11.5 Å². The summed E-state index contributed by atoms with van der Waals surface area (Å²) in [5.74, 6) is 0.470. The van der Waals surface area contributed by atoms with Crippen molar-refractivity contribution in [1.29, 1.82) is 0 Å². The van der Waals surface area contributed by atoms with Gasteiger partial charge in [-0.1, -0.05) is 6.07 Å². The number of nitrogens with zero attached hydrogens (tertiary/aromatic N) is 2. The van der Waals surface area contributed by atoms with Gasteiger partial charge in [-0.2, -0.15) is 5.10 Å². The molecule has 4 nitrogen and oxygen atoms in total. The molecule has 1 aromatic heterocycles. The maximum absolute atomic E-state index is 13.9. The van der Waals surface area contributed by atoms with Crippen LogP contribution in [0.15, 0.2) is 18.2 Å². The Morgan fingerprint density at radius 3 is 2.63 bits per heavy atom. The first-order valence-corrected chi connectivity index (χ1v) is 6.14. The van der Waals surface area contributed by atoms with Crippen molar-refractivity contribution in [2.75, 3.05) is 7.05 Å². The summed E-state index contributed by atoms with van der Waals surface area (Å²) in [6.07, 6.45) is 0. The fraction of sp³-hybridized carbons (Fsp3) is 0.357. The normalized spacial score (nSPS) is 10.8. The van der Waals surface area contributed by atoms with Crippen molar-refractivity contribution in [3.63, 3.8) is 0 Å².